The van der Waals surface area contributed by atoms with Crippen LogP contribution in [0.4, 0.5) is 4.39 Å². The average molecular weight is 615 g/mol. The van der Waals surface area contributed by atoms with Crippen molar-refractivity contribution in [3.63, 3.8) is 0 Å². The maximum Gasteiger partial charge on any atom is 0.343 e. The SMILES string of the molecule is CCCCCCCCCCCOc1ccc(C(=O)Oc2ccc(C#Cc3ccc(OC(C)CCCCCC)c(F)c3)cc2)cc1. The fourth-order valence-electron chi connectivity index (χ4n) is 5.02. The van der Waals surface area contributed by atoms with E-state index >= 15 is 0 Å². The Kier molecular flexibility index (Phi) is 16.7. The van der Waals surface area contributed by atoms with Gasteiger partial charge in [0, 0.05) is 11.1 Å². The largest absolute Gasteiger partial charge is 0.494 e. The molecule has 0 aromatic heterocycles. The molecule has 242 valence electrons. The molecule has 0 amide bonds. The van der Waals surface area contributed by atoms with Gasteiger partial charge in [0.15, 0.2) is 11.6 Å². The lowest BCUT2D eigenvalue weighted by molar-refractivity contribution is 0.0734. The van der Waals surface area contributed by atoms with Crippen LogP contribution in [0.15, 0.2) is 66.7 Å². The number of ether oxygens (including phenoxy) is 3. The lowest BCUT2D eigenvalue weighted by Crippen LogP contribution is -2.12. The normalized spacial score (nSPS) is 11.4. The highest BCUT2D eigenvalue weighted by Gasteiger charge is 2.10. The molecule has 0 radical (unpaired) electrons. The van der Waals surface area contributed by atoms with Gasteiger partial charge in [0.05, 0.1) is 18.3 Å². The third kappa shape index (κ3) is 14.2. The number of halogens is 1. The van der Waals surface area contributed by atoms with E-state index < -0.39 is 11.8 Å². The van der Waals surface area contributed by atoms with Gasteiger partial charge >= 0.3 is 5.97 Å². The summed E-state index contributed by atoms with van der Waals surface area (Å²) in [4.78, 5) is 12.6. The molecule has 0 saturated heterocycles. The Morgan fingerprint density at radius 1 is 0.689 bits per heavy atom. The van der Waals surface area contributed by atoms with E-state index in [0.717, 1.165) is 30.6 Å². The molecule has 3 aromatic rings. The van der Waals surface area contributed by atoms with E-state index in [1.807, 2.05) is 6.92 Å². The number of unbranched alkanes of at least 4 members (excludes halogenated alkanes) is 11. The molecular weight excluding hydrogens is 563 g/mol. The minimum atomic E-state index is -0.438. The fraction of sp³-hybridized carbons (Fsp3) is 0.475. The molecule has 0 fully saturated rings. The summed E-state index contributed by atoms with van der Waals surface area (Å²) in [6, 6.07) is 18.8. The number of hydrogen-bond acceptors (Lipinski definition) is 4. The monoisotopic (exact) mass is 614 g/mol. The summed E-state index contributed by atoms with van der Waals surface area (Å²) in [5.74, 6) is 6.61. The predicted molar refractivity (Wildman–Crippen MR) is 182 cm³/mol. The van der Waals surface area contributed by atoms with Crippen molar-refractivity contribution in [1.82, 2.24) is 0 Å². The number of rotatable bonds is 20. The third-order valence-electron chi connectivity index (χ3n) is 7.75. The summed E-state index contributed by atoms with van der Waals surface area (Å²) < 4.78 is 31.8. The first-order chi connectivity index (χ1) is 22.0. The third-order valence-corrected chi connectivity index (χ3v) is 7.75. The molecule has 1 atom stereocenters. The number of hydrogen-bond donors (Lipinski definition) is 0. The van der Waals surface area contributed by atoms with Crippen LogP contribution in [0.1, 0.15) is 132 Å². The Bertz CT molecular complexity index is 1320. The first kappa shape index (κ1) is 35.7. The molecule has 3 rings (SSSR count). The molecule has 45 heavy (non-hydrogen) atoms. The molecule has 0 aliphatic heterocycles. The molecule has 0 aliphatic carbocycles. The van der Waals surface area contributed by atoms with Crippen molar-refractivity contribution in [3.8, 4) is 29.1 Å². The van der Waals surface area contributed by atoms with Crippen molar-refractivity contribution in [1.29, 1.82) is 0 Å². The lowest BCUT2D eigenvalue weighted by atomic mass is 10.1. The highest BCUT2D eigenvalue weighted by atomic mass is 19.1. The maximum absolute atomic E-state index is 14.6. The Hall–Kier alpha value is -3.78. The second-order valence-electron chi connectivity index (χ2n) is 11.8. The highest BCUT2D eigenvalue weighted by Crippen LogP contribution is 2.22. The first-order valence-electron chi connectivity index (χ1n) is 17.0. The summed E-state index contributed by atoms with van der Waals surface area (Å²) in [5, 5.41) is 0. The fourth-order valence-corrected chi connectivity index (χ4v) is 5.02. The Balaban J connectivity index is 1.39. The summed E-state index contributed by atoms with van der Waals surface area (Å²) in [5.41, 5.74) is 1.74. The summed E-state index contributed by atoms with van der Waals surface area (Å²) in [6.45, 7) is 7.09. The molecule has 5 heteroatoms. The van der Waals surface area contributed by atoms with E-state index in [-0.39, 0.29) is 11.9 Å². The van der Waals surface area contributed by atoms with Crippen molar-refractivity contribution in [2.45, 2.75) is 117 Å². The average Bonchev–Trinajstić information content (AvgIpc) is 3.05. The van der Waals surface area contributed by atoms with E-state index in [9.17, 15) is 9.18 Å². The van der Waals surface area contributed by atoms with Gasteiger partial charge < -0.3 is 14.2 Å². The van der Waals surface area contributed by atoms with Crippen molar-refractivity contribution < 1.29 is 23.4 Å². The molecule has 0 spiro atoms. The van der Waals surface area contributed by atoms with Gasteiger partial charge in [0.1, 0.15) is 11.5 Å². The summed E-state index contributed by atoms with van der Waals surface area (Å²) in [7, 11) is 0. The van der Waals surface area contributed by atoms with Crippen LogP contribution in [0, 0.1) is 17.7 Å². The van der Waals surface area contributed by atoms with E-state index in [1.54, 1.807) is 60.7 Å². The Morgan fingerprint density at radius 2 is 1.24 bits per heavy atom. The lowest BCUT2D eigenvalue weighted by Gasteiger charge is -2.15. The van der Waals surface area contributed by atoms with E-state index in [2.05, 4.69) is 25.7 Å². The molecule has 0 bridgehead atoms. The standard InChI is InChI=1S/C40H51FO4/c1-4-6-8-10-11-12-13-14-16-30-43-36-27-23-35(24-28-36)40(42)45-37-25-20-33(21-26-37)18-19-34-22-29-39(38(41)31-34)44-32(3)17-15-9-7-5-2/h20-29,31-32H,4-17,30H2,1-3H3. The molecule has 3 aromatic carbocycles. The molecule has 0 heterocycles. The van der Waals surface area contributed by atoms with Crippen LogP contribution >= 0.6 is 0 Å². The topological polar surface area (TPSA) is 44.8 Å². The van der Waals surface area contributed by atoms with Crippen LogP contribution in [-0.2, 0) is 0 Å². The van der Waals surface area contributed by atoms with Crippen molar-refractivity contribution >= 4 is 5.97 Å². The van der Waals surface area contributed by atoms with Crippen molar-refractivity contribution in [3.05, 3.63) is 89.2 Å². The smallest absolute Gasteiger partial charge is 0.343 e. The Labute approximate surface area is 270 Å². The molecular formula is C40H51FO4. The first-order valence-corrected chi connectivity index (χ1v) is 17.0. The molecule has 4 nitrogen and oxygen atoms in total. The van der Waals surface area contributed by atoms with Gasteiger partial charge in [0.25, 0.3) is 0 Å². The van der Waals surface area contributed by atoms with Crippen molar-refractivity contribution in [2.24, 2.45) is 0 Å². The summed E-state index contributed by atoms with van der Waals surface area (Å²) >= 11 is 0. The highest BCUT2D eigenvalue weighted by molar-refractivity contribution is 5.91. The zero-order valence-corrected chi connectivity index (χ0v) is 27.5. The number of esters is 1. The van der Waals surface area contributed by atoms with Crippen LogP contribution in [0.5, 0.6) is 17.2 Å². The number of carbonyl (C=O) groups is 1. The number of benzene rings is 3. The van der Waals surface area contributed by atoms with Gasteiger partial charge in [-0.05, 0) is 92.9 Å². The van der Waals surface area contributed by atoms with Crippen LogP contribution in [0.2, 0.25) is 0 Å². The second kappa shape index (κ2) is 21.0. The van der Waals surface area contributed by atoms with Gasteiger partial charge in [-0.2, -0.15) is 0 Å². The van der Waals surface area contributed by atoms with Gasteiger partial charge in [-0.3, -0.25) is 0 Å². The van der Waals surface area contributed by atoms with E-state index in [0.29, 0.717) is 23.5 Å². The van der Waals surface area contributed by atoms with Gasteiger partial charge in [-0.15, -0.1) is 0 Å². The van der Waals surface area contributed by atoms with E-state index in [4.69, 9.17) is 14.2 Å². The minimum absolute atomic E-state index is 0.0338. The van der Waals surface area contributed by atoms with Crippen LogP contribution < -0.4 is 14.2 Å². The molecule has 0 saturated carbocycles. The summed E-state index contributed by atoms with van der Waals surface area (Å²) in [6.07, 6.45) is 17.0. The zero-order valence-electron chi connectivity index (χ0n) is 27.5. The van der Waals surface area contributed by atoms with Gasteiger partial charge in [0.2, 0.25) is 0 Å². The minimum Gasteiger partial charge on any atom is -0.494 e. The molecule has 1 unspecified atom stereocenters. The van der Waals surface area contributed by atoms with Crippen LogP contribution in [0.3, 0.4) is 0 Å². The van der Waals surface area contributed by atoms with Crippen LogP contribution in [0.25, 0.3) is 0 Å². The predicted octanol–water partition coefficient (Wildman–Crippen LogP) is 11.1. The van der Waals surface area contributed by atoms with Crippen molar-refractivity contribution in [2.75, 3.05) is 6.61 Å². The van der Waals surface area contributed by atoms with E-state index in [1.165, 1.54) is 76.7 Å². The van der Waals surface area contributed by atoms with Gasteiger partial charge in [-0.25, -0.2) is 9.18 Å². The molecule has 0 aliphatic rings. The maximum atomic E-state index is 14.6. The zero-order chi connectivity index (χ0) is 32.1. The molecule has 0 N–H and O–H groups in total. The Morgan fingerprint density at radius 3 is 1.89 bits per heavy atom. The number of carbonyl (C=O) groups excluding carboxylic acids is 1. The van der Waals surface area contributed by atoms with Gasteiger partial charge in [-0.1, -0.05) is 96.3 Å². The quantitative estimate of drug-likeness (QED) is 0.0550. The second-order valence-corrected chi connectivity index (χ2v) is 11.8. The van der Waals surface area contributed by atoms with Crippen LogP contribution in [-0.4, -0.2) is 18.7 Å².